The van der Waals surface area contributed by atoms with Gasteiger partial charge in [0.1, 0.15) is 0 Å². The number of sulfonamides is 1. The van der Waals surface area contributed by atoms with E-state index in [1.54, 1.807) is 13.2 Å². The van der Waals surface area contributed by atoms with Crippen LogP contribution in [-0.4, -0.2) is 28.2 Å². The van der Waals surface area contributed by atoms with E-state index in [4.69, 9.17) is 14.6 Å². The molecule has 1 aliphatic heterocycles. The zero-order valence-electron chi connectivity index (χ0n) is 15.0. The molecule has 0 fully saturated rings. The Kier molecular flexibility index (Phi) is 5.24. The number of carbonyl (C=O) groups excluding carboxylic acids is 1. The van der Waals surface area contributed by atoms with Crippen molar-refractivity contribution >= 4 is 21.7 Å². The highest BCUT2D eigenvalue weighted by Gasteiger charge is 2.26. The molecule has 0 spiro atoms. The van der Waals surface area contributed by atoms with E-state index >= 15 is 0 Å². The van der Waals surface area contributed by atoms with E-state index in [9.17, 15) is 13.2 Å². The molecule has 0 saturated carbocycles. The second kappa shape index (κ2) is 7.45. The lowest BCUT2D eigenvalue weighted by Crippen LogP contribution is -2.35. The van der Waals surface area contributed by atoms with E-state index in [0.29, 0.717) is 30.2 Å². The molecular formula is C18H21N3O5S. The molecule has 27 heavy (non-hydrogen) atoms. The maximum absolute atomic E-state index is 12.4. The maximum Gasteiger partial charge on any atom is 0.319 e. The number of benzene rings is 2. The van der Waals surface area contributed by atoms with Gasteiger partial charge in [-0.15, -0.1) is 0 Å². The lowest BCUT2D eigenvalue weighted by molar-refractivity contribution is 0.226. The van der Waals surface area contributed by atoms with E-state index in [2.05, 4.69) is 10.6 Å². The van der Waals surface area contributed by atoms with Gasteiger partial charge in [0.15, 0.2) is 11.5 Å². The first-order chi connectivity index (χ1) is 12.8. The number of nitrogens with two attached hydrogens (primary N) is 1. The van der Waals surface area contributed by atoms with Crippen molar-refractivity contribution in [1.29, 1.82) is 0 Å². The molecule has 3 rings (SSSR count). The van der Waals surface area contributed by atoms with Crippen molar-refractivity contribution in [3.63, 3.8) is 0 Å². The number of hydrogen-bond acceptors (Lipinski definition) is 5. The van der Waals surface area contributed by atoms with Crippen LogP contribution in [0, 0.1) is 6.92 Å². The summed E-state index contributed by atoms with van der Waals surface area (Å²) in [5.41, 5.74) is 2.16. The van der Waals surface area contributed by atoms with Crippen LogP contribution in [0.5, 0.6) is 11.5 Å². The highest BCUT2D eigenvalue weighted by Crippen LogP contribution is 2.40. The summed E-state index contributed by atoms with van der Waals surface area (Å²) < 4.78 is 34.0. The van der Waals surface area contributed by atoms with Crippen molar-refractivity contribution in [2.75, 3.05) is 19.0 Å². The van der Waals surface area contributed by atoms with Gasteiger partial charge in [-0.05, 0) is 36.8 Å². The topological polar surface area (TPSA) is 120 Å². The molecule has 2 aromatic rings. The number of aryl methyl sites for hydroxylation is 1. The molecule has 9 heteroatoms. The summed E-state index contributed by atoms with van der Waals surface area (Å²) in [4.78, 5) is 12.3. The quantitative estimate of drug-likeness (QED) is 0.739. The molecule has 1 atom stereocenters. The number of methoxy groups -OCH3 is 1. The smallest absolute Gasteiger partial charge is 0.319 e. The Morgan fingerprint density at radius 1 is 1.30 bits per heavy atom. The number of primary sulfonamides is 1. The van der Waals surface area contributed by atoms with Crippen LogP contribution in [0.1, 0.15) is 23.6 Å². The van der Waals surface area contributed by atoms with Crippen LogP contribution >= 0.6 is 0 Å². The van der Waals surface area contributed by atoms with Gasteiger partial charge < -0.3 is 20.1 Å². The van der Waals surface area contributed by atoms with E-state index in [0.717, 1.165) is 11.1 Å². The number of fused-ring (bicyclic) bond motifs is 1. The zero-order chi connectivity index (χ0) is 19.6. The van der Waals surface area contributed by atoms with Gasteiger partial charge in [-0.25, -0.2) is 18.4 Å². The Balaban J connectivity index is 1.78. The molecule has 1 aliphatic rings. The fourth-order valence-corrected chi connectivity index (χ4v) is 3.55. The summed E-state index contributed by atoms with van der Waals surface area (Å²) in [6.07, 6.45) is 0.601. The van der Waals surface area contributed by atoms with E-state index in [1.165, 1.54) is 18.2 Å². The monoisotopic (exact) mass is 391 g/mol. The average molecular weight is 391 g/mol. The molecule has 0 unspecified atom stereocenters. The summed E-state index contributed by atoms with van der Waals surface area (Å²) in [7, 11) is -2.27. The van der Waals surface area contributed by atoms with Crippen LogP contribution < -0.4 is 25.2 Å². The molecule has 2 amide bonds. The third-order valence-electron chi connectivity index (χ3n) is 4.20. The number of ether oxygens (including phenoxy) is 2. The second-order valence-electron chi connectivity index (χ2n) is 6.25. The number of rotatable bonds is 4. The first-order valence-electron chi connectivity index (χ1n) is 8.29. The summed E-state index contributed by atoms with van der Waals surface area (Å²) in [5.74, 6) is 1.24. The maximum atomic E-state index is 12.4. The van der Waals surface area contributed by atoms with Crippen molar-refractivity contribution in [3.8, 4) is 11.5 Å². The normalized spacial score (nSPS) is 16.0. The van der Waals surface area contributed by atoms with Crippen molar-refractivity contribution in [2.45, 2.75) is 24.3 Å². The van der Waals surface area contributed by atoms with Crippen LogP contribution in [0.2, 0.25) is 0 Å². The van der Waals surface area contributed by atoms with Gasteiger partial charge in [0.25, 0.3) is 0 Å². The number of carbonyl (C=O) groups is 1. The second-order valence-corrected chi connectivity index (χ2v) is 7.81. The molecule has 144 valence electrons. The lowest BCUT2D eigenvalue weighted by atomic mass is 9.98. The van der Waals surface area contributed by atoms with Crippen LogP contribution in [-0.2, 0) is 10.0 Å². The third-order valence-corrected chi connectivity index (χ3v) is 5.11. The molecule has 2 aromatic carbocycles. The highest BCUT2D eigenvalue weighted by molar-refractivity contribution is 7.89. The lowest BCUT2D eigenvalue weighted by Gasteiger charge is -2.28. The first kappa shape index (κ1) is 19.0. The van der Waals surface area contributed by atoms with Gasteiger partial charge in [-0.2, -0.15) is 0 Å². The van der Waals surface area contributed by atoms with Crippen LogP contribution in [0.3, 0.4) is 0 Å². The Morgan fingerprint density at radius 2 is 2.07 bits per heavy atom. The van der Waals surface area contributed by atoms with Gasteiger partial charge in [-0.1, -0.05) is 12.1 Å². The summed E-state index contributed by atoms with van der Waals surface area (Å²) in [6.45, 7) is 2.38. The largest absolute Gasteiger partial charge is 0.493 e. The Labute approximate surface area is 157 Å². The van der Waals surface area contributed by atoms with Crippen LogP contribution in [0.15, 0.2) is 41.3 Å². The summed E-state index contributed by atoms with van der Waals surface area (Å²) in [6, 6.07) is 8.86. The fraction of sp³-hybridized carbons (Fsp3) is 0.278. The van der Waals surface area contributed by atoms with Gasteiger partial charge in [0.2, 0.25) is 10.0 Å². The molecule has 0 bridgehead atoms. The molecule has 4 N–H and O–H groups in total. The number of urea groups is 1. The van der Waals surface area contributed by atoms with Crippen molar-refractivity contribution in [1.82, 2.24) is 5.32 Å². The zero-order valence-corrected chi connectivity index (χ0v) is 15.8. The average Bonchev–Trinajstić information content (AvgIpc) is 2.61. The van der Waals surface area contributed by atoms with Crippen molar-refractivity contribution in [3.05, 3.63) is 47.5 Å². The molecule has 0 aromatic heterocycles. The van der Waals surface area contributed by atoms with Gasteiger partial charge in [-0.3, -0.25) is 0 Å². The van der Waals surface area contributed by atoms with Gasteiger partial charge in [0.05, 0.1) is 24.7 Å². The molecule has 0 radical (unpaired) electrons. The van der Waals surface area contributed by atoms with Crippen LogP contribution in [0.25, 0.3) is 0 Å². The van der Waals surface area contributed by atoms with Gasteiger partial charge in [0, 0.05) is 17.7 Å². The van der Waals surface area contributed by atoms with E-state index < -0.39 is 16.1 Å². The minimum atomic E-state index is -3.84. The SMILES string of the molecule is COc1cc(C)cc2c1OCC[C@@H]2NC(=O)Nc1cccc(S(N)(=O)=O)c1. The minimum Gasteiger partial charge on any atom is -0.493 e. The number of hydrogen-bond donors (Lipinski definition) is 3. The van der Waals surface area contributed by atoms with E-state index in [1.807, 2.05) is 19.1 Å². The Hall–Kier alpha value is -2.78. The molecule has 0 aliphatic carbocycles. The predicted molar refractivity (Wildman–Crippen MR) is 101 cm³/mol. The number of amides is 2. The molecule has 8 nitrogen and oxygen atoms in total. The van der Waals surface area contributed by atoms with E-state index in [-0.39, 0.29) is 10.9 Å². The molecular weight excluding hydrogens is 370 g/mol. The molecule has 1 heterocycles. The number of nitrogens with one attached hydrogen (secondary N) is 2. The fourth-order valence-electron chi connectivity index (χ4n) is 2.99. The predicted octanol–water partition coefficient (Wildman–Crippen LogP) is 2.30. The van der Waals surface area contributed by atoms with Crippen LogP contribution in [0.4, 0.5) is 10.5 Å². The first-order valence-corrected chi connectivity index (χ1v) is 9.84. The van der Waals surface area contributed by atoms with Crippen molar-refractivity contribution < 1.29 is 22.7 Å². The van der Waals surface area contributed by atoms with Gasteiger partial charge >= 0.3 is 6.03 Å². The summed E-state index contributed by atoms with van der Waals surface area (Å²) >= 11 is 0. The minimum absolute atomic E-state index is 0.0722. The Morgan fingerprint density at radius 3 is 2.78 bits per heavy atom. The standard InChI is InChI=1S/C18H21N3O5S/c1-11-8-14-15(6-7-26-17(14)16(9-11)25-2)21-18(22)20-12-4-3-5-13(10-12)27(19,23)24/h3-5,8-10,15H,6-7H2,1-2H3,(H2,19,23,24)(H2,20,21,22)/t15-/m0/s1. The highest BCUT2D eigenvalue weighted by atomic mass is 32.2. The van der Waals surface area contributed by atoms with Crippen molar-refractivity contribution in [2.24, 2.45) is 5.14 Å². The summed E-state index contributed by atoms with van der Waals surface area (Å²) in [5, 5.41) is 10.6. The Bertz CT molecular complexity index is 975. The molecule has 0 saturated heterocycles. The third kappa shape index (κ3) is 4.32. The number of anilines is 1.